The molecule has 7 heteroatoms. The van der Waals surface area contributed by atoms with Crippen LogP contribution in [0, 0.1) is 6.92 Å². The summed E-state index contributed by atoms with van der Waals surface area (Å²) in [6.45, 7) is 1.49. The van der Waals surface area contributed by atoms with E-state index in [2.05, 4.69) is 26.2 Å². The molecule has 0 aliphatic heterocycles. The van der Waals surface area contributed by atoms with Crippen LogP contribution in [0.2, 0.25) is 5.02 Å². The summed E-state index contributed by atoms with van der Waals surface area (Å²) in [5.74, 6) is -1.04. The quantitative estimate of drug-likeness (QED) is 0.808. The first-order chi connectivity index (χ1) is 9.95. The minimum absolute atomic E-state index is 0.271. The van der Waals surface area contributed by atoms with Crippen molar-refractivity contribution in [2.75, 3.05) is 11.9 Å². The molecule has 0 saturated heterocycles. The van der Waals surface area contributed by atoms with Crippen LogP contribution in [0.25, 0.3) is 0 Å². The highest BCUT2D eigenvalue weighted by Crippen LogP contribution is 2.19. The molecule has 2 N–H and O–H groups in total. The Kier molecular flexibility index (Phi) is 5.03. The van der Waals surface area contributed by atoms with Gasteiger partial charge in [0.05, 0.1) is 0 Å². The first kappa shape index (κ1) is 15.6. The van der Waals surface area contributed by atoms with Gasteiger partial charge in [-0.2, -0.15) is 0 Å². The van der Waals surface area contributed by atoms with Crippen molar-refractivity contribution < 1.29 is 14.3 Å². The van der Waals surface area contributed by atoms with Gasteiger partial charge in [-0.15, -0.1) is 0 Å². The van der Waals surface area contributed by atoms with Crippen LogP contribution in [0.5, 0.6) is 0 Å². The molecule has 0 bridgehead atoms. The van der Waals surface area contributed by atoms with E-state index in [9.17, 15) is 9.59 Å². The maximum Gasteiger partial charge on any atom is 0.355 e. The second-order valence-electron chi connectivity index (χ2n) is 4.32. The van der Waals surface area contributed by atoms with Crippen molar-refractivity contribution in [3.63, 3.8) is 0 Å². The molecule has 0 radical (unpaired) electrons. The van der Waals surface area contributed by atoms with Crippen molar-refractivity contribution in [2.45, 2.75) is 6.92 Å². The number of esters is 1. The van der Waals surface area contributed by atoms with E-state index in [1.54, 1.807) is 30.5 Å². The van der Waals surface area contributed by atoms with Crippen LogP contribution < -0.4 is 5.32 Å². The van der Waals surface area contributed by atoms with Crippen molar-refractivity contribution in [3.05, 3.63) is 51.2 Å². The topological polar surface area (TPSA) is 71.2 Å². The van der Waals surface area contributed by atoms with Crippen LogP contribution >= 0.6 is 27.5 Å². The first-order valence-electron chi connectivity index (χ1n) is 6.03. The molecule has 0 saturated carbocycles. The molecule has 5 nitrogen and oxygen atoms in total. The fourth-order valence-electron chi connectivity index (χ4n) is 1.56. The number of aromatic nitrogens is 1. The Labute approximate surface area is 134 Å². The van der Waals surface area contributed by atoms with Gasteiger partial charge in [-0.25, -0.2) is 4.79 Å². The molecule has 0 fully saturated rings. The molecular weight excluding hydrogens is 360 g/mol. The molecule has 1 aromatic carbocycles. The van der Waals surface area contributed by atoms with Crippen molar-refractivity contribution >= 4 is 45.1 Å². The van der Waals surface area contributed by atoms with Crippen LogP contribution in [-0.2, 0) is 9.53 Å². The lowest BCUT2D eigenvalue weighted by atomic mass is 10.2. The summed E-state index contributed by atoms with van der Waals surface area (Å²) in [4.78, 5) is 26.1. The second kappa shape index (κ2) is 6.78. The van der Waals surface area contributed by atoms with E-state index in [-0.39, 0.29) is 12.3 Å². The molecule has 0 atom stereocenters. The summed E-state index contributed by atoms with van der Waals surface area (Å²) in [6.07, 6.45) is 1.60. The molecule has 0 aliphatic rings. The number of benzene rings is 1. The van der Waals surface area contributed by atoms with E-state index in [4.69, 9.17) is 16.3 Å². The fraction of sp³-hybridized carbons (Fsp3) is 0.143. The standard InChI is InChI=1S/C14H12BrClN2O3/c1-8-2-3-10(5-11(8)16)18-13(19)7-21-14(20)12-4-9(15)6-17-12/h2-6,17H,7H2,1H3,(H,18,19). The minimum atomic E-state index is -0.599. The van der Waals surface area contributed by atoms with Crippen LogP contribution in [0.15, 0.2) is 34.9 Å². The number of halogens is 2. The summed E-state index contributed by atoms with van der Waals surface area (Å²) >= 11 is 9.17. The predicted octanol–water partition coefficient (Wildman–Crippen LogP) is 3.53. The normalized spacial score (nSPS) is 10.2. The SMILES string of the molecule is Cc1ccc(NC(=O)COC(=O)c2cc(Br)c[nH]2)cc1Cl. The molecule has 0 unspecified atom stereocenters. The molecule has 1 aromatic heterocycles. The zero-order chi connectivity index (χ0) is 15.4. The zero-order valence-corrected chi connectivity index (χ0v) is 13.4. The number of amides is 1. The van der Waals surface area contributed by atoms with Gasteiger partial charge in [-0.05, 0) is 46.6 Å². The molecule has 2 rings (SSSR count). The van der Waals surface area contributed by atoms with Gasteiger partial charge in [-0.3, -0.25) is 4.79 Å². The number of carbonyl (C=O) groups excluding carboxylic acids is 2. The maximum absolute atomic E-state index is 11.7. The van der Waals surface area contributed by atoms with Crippen LogP contribution in [-0.4, -0.2) is 23.5 Å². The first-order valence-corrected chi connectivity index (χ1v) is 7.20. The monoisotopic (exact) mass is 370 g/mol. The Hall–Kier alpha value is -1.79. The number of aromatic amines is 1. The largest absolute Gasteiger partial charge is 0.451 e. The number of hydrogen-bond acceptors (Lipinski definition) is 3. The number of ether oxygens (including phenoxy) is 1. The number of hydrogen-bond donors (Lipinski definition) is 2. The van der Waals surface area contributed by atoms with Gasteiger partial charge in [-0.1, -0.05) is 17.7 Å². The third-order valence-corrected chi connectivity index (χ3v) is 3.52. The van der Waals surface area contributed by atoms with Gasteiger partial charge < -0.3 is 15.0 Å². The lowest BCUT2D eigenvalue weighted by molar-refractivity contribution is -0.119. The predicted molar refractivity (Wildman–Crippen MR) is 83.6 cm³/mol. The Bertz CT molecular complexity index is 685. The average Bonchev–Trinajstić information content (AvgIpc) is 2.87. The molecule has 110 valence electrons. The van der Waals surface area contributed by atoms with E-state index < -0.39 is 11.9 Å². The highest BCUT2D eigenvalue weighted by molar-refractivity contribution is 9.10. The second-order valence-corrected chi connectivity index (χ2v) is 5.64. The van der Waals surface area contributed by atoms with Gasteiger partial charge in [0.25, 0.3) is 5.91 Å². The van der Waals surface area contributed by atoms with Crippen molar-refractivity contribution in [2.24, 2.45) is 0 Å². The smallest absolute Gasteiger partial charge is 0.355 e. The number of H-pyrrole nitrogens is 1. The molecular formula is C14H12BrClN2O3. The third kappa shape index (κ3) is 4.34. The third-order valence-electron chi connectivity index (χ3n) is 2.66. The Balaban J connectivity index is 1.87. The van der Waals surface area contributed by atoms with Gasteiger partial charge in [0.2, 0.25) is 0 Å². The fourth-order valence-corrected chi connectivity index (χ4v) is 2.09. The van der Waals surface area contributed by atoms with E-state index in [1.165, 1.54) is 0 Å². The van der Waals surface area contributed by atoms with E-state index in [0.717, 1.165) is 10.0 Å². The summed E-state index contributed by atoms with van der Waals surface area (Å²) in [6, 6.07) is 6.72. The molecule has 0 spiro atoms. The molecule has 0 aliphatic carbocycles. The van der Waals surface area contributed by atoms with Gasteiger partial charge in [0.1, 0.15) is 5.69 Å². The number of rotatable bonds is 4. The zero-order valence-electron chi connectivity index (χ0n) is 11.1. The Morgan fingerprint density at radius 3 is 2.76 bits per heavy atom. The van der Waals surface area contributed by atoms with Crippen LogP contribution in [0.1, 0.15) is 16.1 Å². The molecule has 2 aromatic rings. The van der Waals surface area contributed by atoms with Gasteiger partial charge >= 0.3 is 5.97 Å². The maximum atomic E-state index is 11.7. The van der Waals surface area contributed by atoms with Crippen LogP contribution in [0.4, 0.5) is 5.69 Å². The summed E-state index contributed by atoms with van der Waals surface area (Å²) in [5, 5.41) is 3.16. The lowest BCUT2D eigenvalue weighted by Crippen LogP contribution is -2.21. The van der Waals surface area contributed by atoms with E-state index >= 15 is 0 Å². The summed E-state index contributed by atoms with van der Waals surface area (Å²) in [7, 11) is 0. The average molecular weight is 372 g/mol. The Morgan fingerprint density at radius 1 is 1.38 bits per heavy atom. The van der Waals surface area contributed by atoms with E-state index in [0.29, 0.717) is 10.7 Å². The number of anilines is 1. The van der Waals surface area contributed by atoms with Crippen LogP contribution in [0.3, 0.4) is 0 Å². The van der Waals surface area contributed by atoms with Crippen molar-refractivity contribution in [3.8, 4) is 0 Å². The highest BCUT2D eigenvalue weighted by atomic mass is 79.9. The Morgan fingerprint density at radius 2 is 2.14 bits per heavy atom. The summed E-state index contributed by atoms with van der Waals surface area (Å²) in [5.41, 5.74) is 1.74. The summed E-state index contributed by atoms with van der Waals surface area (Å²) < 4.78 is 5.62. The molecule has 1 amide bonds. The number of aryl methyl sites for hydroxylation is 1. The van der Waals surface area contributed by atoms with Crippen molar-refractivity contribution in [1.82, 2.24) is 4.98 Å². The number of carbonyl (C=O) groups is 2. The highest BCUT2D eigenvalue weighted by Gasteiger charge is 2.12. The van der Waals surface area contributed by atoms with Gasteiger partial charge in [0.15, 0.2) is 6.61 Å². The van der Waals surface area contributed by atoms with Gasteiger partial charge in [0, 0.05) is 21.4 Å². The molecule has 21 heavy (non-hydrogen) atoms. The minimum Gasteiger partial charge on any atom is -0.451 e. The molecule has 1 heterocycles. The van der Waals surface area contributed by atoms with E-state index in [1.807, 2.05) is 6.92 Å². The van der Waals surface area contributed by atoms with Crippen molar-refractivity contribution in [1.29, 1.82) is 0 Å². The number of nitrogens with one attached hydrogen (secondary N) is 2. The lowest BCUT2D eigenvalue weighted by Gasteiger charge is -2.07.